The number of likely N-dealkylation sites (N-methyl/N-ethyl adjacent to an activating group) is 1. The van der Waals surface area contributed by atoms with Crippen LogP contribution in [0.4, 0.5) is 0 Å². The highest BCUT2D eigenvalue weighted by Crippen LogP contribution is 2.20. The third-order valence-electron chi connectivity index (χ3n) is 3.22. The molecule has 0 aliphatic heterocycles. The van der Waals surface area contributed by atoms with Crippen LogP contribution >= 0.6 is 0 Å². The summed E-state index contributed by atoms with van der Waals surface area (Å²) in [6, 6.07) is 1.65. The molecule has 0 saturated carbocycles. The lowest BCUT2D eigenvalue weighted by Crippen LogP contribution is -2.50. The molecule has 1 amide bonds. The zero-order valence-corrected chi connectivity index (χ0v) is 11.4. The Morgan fingerprint density at radius 2 is 2.00 bits per heavy atom. The molecule has 1 aromatic heterocycles. The van der Waals surface area contributed by atoms with E-state index >= 15 is 0 Å². The maximum atomic E-state index is 12.1. The lowest BCUT2D eigenvalue weighted by Gasteiger charge is -2.30. The first kappa shape index (κ1) is 14.3. The van der Waals surface area contributed by atoms with Crippen molar-refractivity contribution in [3.8, 4) is 0 Å². The number of furan rings is 1. The van der Waals surface area contributed by atoms with E-state index in [4.69, 9.17) is 9.52 Å². The molecule has 0 atom stereocenters. The fourth-order valence-electron chi connectivity index (χ4n) is 1.54. The normalized spacial score (nSPS) is 11.4. The van der Waals surface area contributed by atoms with Crippen molar-refractivity contribution >= 4 is 11.9 Å². The molecule has 0 aliphatic carbocycles. The lowest BCUT2D eigenvalue weighted by molar-refractivity contribution is -0.147. The molecular formula is C13H19NO4. The van der Waals surface area contributed by atoms with Gasteiger partial charge in [-0.05, 0) is 32.4 Å². The van der Waals surface area contributed by atoms with Crippen LogP contribution in [0.2, 0.25) is 0 Å². The van der Waals surface area contributed by atoms with Gasteiger partial charge in [0.2, 0.25) is 0 Å². The summed E-state index contributed by atoms with van der Waals surface area (Å²) in [4.78, 5) is 24.4. The predicted octanol–water partition coefficient (Wildman–Crippen LogP) is 2.09. The van der Waals surface area contributed by atoms with Crippen molar-refractivity contribution in [1.29, 1.82) is 0 Å². The molecular weight excluding hydrogens is 234 g/mol. The third kappa shape index (κ3) is 2.39. The molecule has 0 spiro atoms. The molecule has 5 nitrogen and oxygen atoms in total. The van der Waals surface area contributed by atoms with Gasteiger partial charge in [-0.15, -0.1) is 0 Å². The van der Waals surface area contributed by atoms with Crippen molar-refractivity contribution < 1.29 is 19.1 Å². The standard InChI is InChI=1S/C13H19NO4/c1-6-9-8(2)7-10(18-9)11(15)14(5)13(3,4)12(16)17/h7H,6H2,1-5H3,(H,16,17). The Bertz CT molecular complexity index is 473. The minimum Gasteiger partial charge on any atom is -0.480 e. The average Bonchev–Trinajstić information content (AvgIpc) is 2.68. The number of aliphatic carboxylic acids is 1. The molecule has 0 aliphatic rings. The van der Waals surface area contributed by atoms with Crippen LogP contribution in [-0.4, -0.2) is 34.5 Å². The van der Waals surface area contributed by atoms with Crippen molar-refractivity contribution in [1.82, 2.24) is 4.90 Å². The van der Waals surface area contributed by atoms with Crippen molar-refractivity contribution in [2.24, 2.45) is 0 Å². The first-order valence-corrected chi connectivity index (χ1v) is 5.82. The number of hydrogen-bond acceptors (Lipinski definition) is 3. The first-order chi connectivity index (χ1) is 8.21. The maximum Gasteiger partial charge on any atom is 0.329 e. The molecule has 1 rings (SSSR count). The summed E-state index contributed by atoms with van der Waals surface area (Å²) < 4.78 is 5.44. The van der Waals surface area contributed by atoms with E-state index < -0.39 is 17.4 Å². The zero-order chi connectivity index (χ0) is 14.1. The summed E-state index contributed by atoms with van der Waals surface area (Å²) in [6.07, 6.45) is 0.700. The molecule has 0 saturated heterocycles. The molecule has 1 heterocycles. The molecule has 0 aromatic carbocycles. The Morgan fingerprint density at radius 3 is 2.39 bits per heavy atom. The molecule has 18 heavy (non-hydrogen) atoms. The molecule has 0 fully saturated rings. The summed E-state index contributed by atoms with van der Waals surface area (Å²) in [5.41, 5.74) is -0.369. The van der Waals surface area contributed by atoms with E-state index in [-0.39, 0.29) is 5.76 Å². The fourth-order valence-corrected chi connectivity index (χ4v) is 1.54. The van der Waals surface area contributed by atoms with Gasteiger partial charge in [-0.2, -0.15) is 0 Å². The number of aryl methyl sites for hydroxylation is 2. The zero-order valence-electron chi connectivity index (χ0n) is 11.4. The summed E-state index contributed by atoms with van der Waals surface area (Å²) in [5, 5.41) is 9.09. The summed E-state index contributed by atoms with van der Waals surface area (Å²) in [6.45, 7) is 6.75. The Balaban J connectivity index is 3.03. The number of rotatable bonds is 4. The first-order valence-electron chi connectivity index (χ1n) is 5.82. The average molecular weight is 253 g/mol. The highest BCUT2D eigenvalue weighted by molar-refractivity contribution is 5.95. The number of carbonyl (C=O) groups excluding carboxylic acids is 1. The minimum atomic E-state index is -1.27. The van der Waals surface area contributed by atoms with Crippen molar-refractivity contribution in [3.05, 3.63) is 23.2 Å². The summed E-state index contributed by atoms with van der Waals surface area (Å²) >= 11 is 0. The van der Waals surface area contributed by atoms with E-state index in [0.717, 1.165) is 11.3 Å². The van der Waals surface area contributed by atoms with E-state index in [9.17, 15) is 9.59 Å². The topological polar surface area (TPSA) is 70.8 Å². The second-order valence-electron chi connectivity index (χ2n) is 4.80. The van der Waals surface area contributed by atoms with Crippen LogP contribution in [0.15, 0.2) is 10.5 Å². The van der Waals surface area contributed by atoms with Crippen LogP contribution in [0.25, 0.3) is 0 Å². The number of carbonyl (C=O) groups is 2. The van der Waals surface area contributed by atoms with Gasteiger partial charge >= 0.3 is 5.97 Å². The van der Waals surface area contributed by atoms with Gasteiger partial charge in [0.25, 0.3) is 5.91 Å². The molecule has 1 aromatic rings. The molecule has 0 radical (unpaired) electrons. The Kier molecular flexibility index (Phi) is 3.84. The Morgan fingerprint density at radius 1 is 1.44 bits per heavy atom. The van der Waals surface area contributed by atoms with Gasteiger partial charge in [0.15, 0.2) is 5.76 Å². The Hall–Kier alpha value is -1.78. The van der Waals surface area contributed by atoms with E-state index in [1.54, 1.807) is 6.07 Å². The number of amides is 1. The highest BCUT2D eigenvalue weighted by Gasteiger charge is 2.36. The maximum absolute atomic E-state index is 12.1. The van der Waals surface area contributed by atoms with Gasteiger partial charge in [0, 0.05) is 13.5 Å². The Labute approximate surface area is 106 Å². The van der Waals surface area contributed by atoms with Crippen LogP contribution in [0.5, 0.6) is 0 Å². The number of carboxylic acids is 1. The molecule has 0 bridgehead atoms. The number of hydrogen-bond donors (Lipinski definition) is 1. The van der Waals surface area contributed by atoms with Gasteiger partial charge < -0.3 is 14.4 Å². The lowest BCUT2D eigenvalue weighted by atomic mass is 10.0. The van der Waals surface area contributed by atoms with Crippen LogP contribution in [0.3, 0.4) is 0 Å². The van der Waals surface area contributed by atoms with Crippen LogP contribution < -0.4 is 0 Å². The fraction of sp³-hybridized carbons (Fsp3) is 0.538. The van der Waals surface area contributed by atoms with E-state index in [1.165, 1.54) is 25.8 Å². The second-order valence-corrected chi connectivity index (χ2v) is 4.80. The van der Waals surface area contributed by atoms with Gasteiger partial charge in [-0.3, -0.25) is 4.79 Å². The van der Waals surface area contributed by atoms with Crippen LogP contribution in [0.1, 0.15) is 42.6 Å². The highest BCUT2D eigenvalue weighted by atomic mass is 16.4. The van der Waals surface area contributed by atoms with Gasteiger partial charge in [0.1, 0.15) is 11.3 Å². The second kappa shape index (κ2) is 4.84. The monoisotopic (exact) mass is 253 g/mol. The molecule has 100 valence electrons. The van der Waals surface area contributed by atoms with Crippen molar-refractivity contribution in [2.45, 2.75) is 39.7 Å². The predicted molar refractivity (Wildman–Crippen MR) is 66.6 cm³/mol. The van der Waals surface area contributed by atoms with Crippen LogP contribution in [-0.2, 0) is 11.2 Å². The quantitative estimate of drug-likeness (QED) is 0.891. The van der Waals surface area contributed by atoms with E-state index in [1.807, 2.05) is 13.8 Å². The van der Waals surface area contributed by atoms with Gasteiger partial charge in [-0.1, -0.05) is 6.92 Å². The van der Waals surface area contributed by atoms with E-state index in [2.05, 4.69) is 0 Å². The van der Waals surface area contributed by atoms with E-state index in [0.29, 0.717) is 6.42 Å². The largest absolute Gasteiger partial charge is 0.480 e. The van der Waals surface area contributed by atoms with Crippen molar-refractivity contribution in [3.63, 3.8) is 0 Å². The SMILES string of the molecule is CCc1oc(C(=O)N(C)C(C)(C)C(=O)O)cc1C. The summed E-state index contributed by atoms with van der Waals surface area (Å²) in [7, 11) is 1.46. The van der Waals surface area contributed by atoms with Crippen molar-refractivity contribution in [2.75, 3.05) is 7.05 Å². The molecule has 0 unspecified atom stereocenters. The molecule has 1 N–H and O–H groups in total. The number of nitrogens with zero attached hydrogens (tertiary/aromatic N) is 1. The molecule has 5 heteroatoms. The smallest absolute Gasteiger partial charge is 0.329 e. The van der Waals surface area contributed by atoms with Gasteiger partial charge in [0.05, 0.1) is 0 Å². The summed E-state index contributed by atoms with van der Waals surface area (Å²) in [5.74, 6) is -0.552. The minimum absolute atomic E-state index is 0.182. The van der Waals surface area contributed by atoms with Gasteiger partial charge in [-0.25, -0.2) is 4.79 Å². The van der Waals surface area contributed by atoms with Crippen LogP contribution in [0, 0.1) is 6.92 Å². The third-order valence-corrected chi connectivity index (χ3v) is 3.22. The number of carboxylic acid groups (broad SMARTS) is 1.